The van der Waals surface area contributed by atoms with Crippen LogP contribution in [0.1, 0.15) is 11.1 Å². The smallest absolute Gasteiger partial charge is 0.252 e. The molecule has 5 heteroatoms. The van der Waals surface area contributed by atoms with Crippen LogP contribution in [0, 0.1) is 6.92 Å². The molecule has 0 fully saturated rings. The Bertz CT molecular complexity index is 576. The molecule has 2 rings (SSSR count). The summed E-state index contributed by atoms with van der Waals surface area (Å²) in [5.41, 5.74) is 1.62. The minimum Gasteiger partial charge on any atom is -0.252 e. The summed E-state index contributed by atoms with van der Waals surface area (Å²) in [7, 11) is -3.45. The summed E-state index contributed by atoms with van der Waals surface area (Å²) in [4.78, 5) is 0.656. The zero-order valence-electron chi connectivity index (χ0n) is 8.80. The molecule has 3 nitrogen and oxygen atoms in total. The van der Waals surface area contributed by atoms with Crippen LogP contribution in [-0.4, -0.2) is 24.3 Å². The van der Waals surface area contributed by atoms with Gasteiger partial charge in [0.15, 0.2) is 0 Å². The van der Waals surface area contributed by atoms with Crippen LogP contribution >= 0.6 is 12.2 Å². The summed E-state index contributed by atoms with van der Waals surface area (Å²) in [5, 5.41) is 0. The van der Waals surface area contributed by atoms with Crippen molar-refractivity contribution in [2.75, 3.05) is 6.54 Å². The van der Waals surface area contributed by atoms with Gasteiger partial charge in [-0.3, -0.25) is 4.31 Å². The van der Waals surface area contributed by atoms with E-state index in [4.69, 9.17) is 12.2 Å². The Morgan fingerprint density at radius 2 is 2.19 bits per heavy atom. The van der Waals surface area contributed by atoms with Crippen molar-refractivity contribution in [3.8, 4) is 0 Å². The van der Waals surface area contributed by atoms with Gasteiger partial charge in [0, 0.05) is 5.56 Å². The molecule has 0 spiro atoms. The van der Waals surface area contributed by atoms with Crippen molar-refractivity contribution in [3.05, 3.63) is 42.0 Å². The van der Waals surface area contributed by atoms with Crippen LogP contribution in [-0.2, 0) is 10.0 Å². The minimum absolute atomic E-state index is 0.217. The molecular weight excluding hydrogens is 242 g/mol. The highest BCUT2D eigenvalue weighted by atomic mass is 32.2. The number of thiocarbonyl (C=S) groups is 1. The third kappa shape index (κ3) is 1.47. The number of hydrogen-bond donors (Lipinski definition) is 0. The zero-order valence-corrected chi connectivity index (χ0v) is 10.4. The molecule has 0 atom stereocenters. The van der Waals surface area contributed by atoms with Gasteiger partial charge in [0.1, 0.15) is 4.99 Å². The molecule has 16 heavy (non-hydrogen) atoms. The molecule has 0 aromatic heterocycles. The van der Waals surface area contributed by atoms with Gasteiger partial charge < -0.3 is 0 Å². The Labute approximate surface area is 100 Å². The number of rotatable bonds is 2. The highest BCUT2D eigenvalue weighted by Crippen LogP contribution is 2.31. The second-order valence-electron chi connectivity index (χ2n) is 3.63. The summed E-state index contributed by atoms with van der Waals surface area (Å²) in [6.07, 6.45) is 1.53. The van der Waals surface area contributed by atoms with Gasteiger partial charge >= 0.3 is 0 Å². The Balaban J connectivity index is 2.66. The molecule has 1 aromatic carbocycles. The van der Waals surface area contributed by atoms with E-state index >= 15 is 0 Å². The molecule has 0 N–H and O–H groups in total. The fourth-order valence-electron chi connectivity index (χ4n) is 1.70. The molecule has 0 saturated carbocycles. The first-order valence-corrected chi connectivity index (χ1v) is 6.62. The first kappa shape index (κ1) is 11.3. The standard InChI is InChI=1S/C11H11NO2S2/c1-3-6-12-11(15)9-7-8(2)4-5-10(9)16(12,13)14/h3-5,7H,1,6H2,2H3. The molecule has 0 unspecified atom stereocenters. The van der Waals surface area contributed by atoms with Crippen molar-refractivity contribution in [3.63, 3.8) is 0 Å². The third-order valence-corrected chi connectivity index (χ3v) is 4.83. The van der Waals surface area contributed by atoms with E-state index in [0.29, 0.717) is 15.4 Å². The quantitative estimate of drug-likeness (QED) is 0.596. The van der Waals surface area contributed by atoms with Crippen LogP contribution in [0.5, 0.6) is 0 Å². The van der Waals surface area contributed by atoms with Crippen molar-refractivity contribution in [2.45, 2.75) is 11.8 Å². The molecule has 0 bridgehead atoms. The number of nitrogens with zero attached hydrogens (tertiary/aromatic N) is 1. The van der Waals surface area contributed by atoms with E-state index in [2.05, 4.69) is 6.58 Å². The molecule has 84 valence electrons. The van der Waals surface area contributed by atoms with Gasteiger partial charge in [0.2, 0.25) is 0 Å². The Hall–Kier alpha value is -1.20. The molecular formula is C11H11NO2S2. The molecule has 0 aliphatic carbocycles. The van der Waals surface area contributed by atoms with Gasteiger partial charge in [-0.2, -0.15) is 0 Å². The van der Waals surface area contributed by atoms with Crippen molar-refractivity contribution in [1.82, 2.24) is 4.31 Å². The average Bonchev–Trinajstić information content (AvgIpc) is 2.40. The fraction of sp³-hybridized carbons (Fsp3) is 0.182. The van der Waals surface area contributed by atoms with Gasteiger partial charge in [0.25, 0.3) is 10.0 Å². The summed E-state index contributed by atoms with van der Waals surface area (Å²) < 4.78 is 25.4. The van der Waals surface area contributed by atoms with E-state index in [0.717, 1.165) is 5.56 Å². The number of sulfonamides is 1. The van der Waals surface area contributed by atoms with Gasteiger partial charge in [-0.15, -0.1) is 6.58 Å². The molecule has 0 amide bonds. The predicted octanol–water partition coefficient (Wildman–Crippen LogP) is 1.86. The molecule has 0 saturated heterocycles. The van der Waals surface area contributed by atoms with Gasteiger partial charge in [-0.1, -0.05) is 29.9 Å². The third-order valence-electron chi connectivity index (χ3n) is 2.45. The van der Waals surface area contributed by atoms with Crippen molar-refractivity contribution in [2.24, 2.45) is 0 Å². The van der Waals surface area contributed by atoms with Crippen LogP contribution < -0.4 is 0 Å². The molecule has 1 aromatic rings. The highest BCUT2D eigenvalue weighted by molar-refractivity contribution is 7.92. The maximum absolute atomic E-state index is 12.1. The number of aryl methyl sites for hydroxylation is 1. The first-order valence-electron chi connectivity index (χ1n) is 4.77. The van der Waals surface area contributed by atoms with E-state index in [1.165, 1.54) is 10.4 Å². The number of fused-ring (bicyclic) bond motifs is 1. The van der Waals surface area contributed by atoms with Crippen LogP contribution in [0.3, 0.4) is 0 Å². The highest BCUT2D eigenvalue weighted by Gasteiger charge is 2.37. The molecule has 0 radical (unpaired) electrons. The maximum Gasteiger partial charge on any atom is 0.265 e. The van der Waals surface area contributed by atoms with E-state index in [1.54, 1.807) is 18.2 Å². The van der Waals surface area contributed by atoms with Crippen molar-refractivity contribution >= 4 is 27.2 Å². The van der Waals surface area contributed by atoms with Gasteiger partial charge in [0.05, 0.1) is 11.4 Å². The van der Waals surface area contributed by atoms with Crippen LogP contribution in [0.4, 0.5) is 0 Å². The second kappa shape index (κ2) is 3.68. The monoisotopic (exact) mass is 253 g/mol. The van der Waals surface area contributed by atoms with Crippen LogP contribution in [0.2, 0.25) is 0 Å². The summed E-state index contributed by atoms with van der Waals surface area (Å²) >= 11 is 5.17. The van der Waals surface area contributed by atoms with Crippen molar-refractivity contribution < 1.29 is 8.42 Å². The largest absolute Gasteiger partial charge is 0.265 e. The lowest BCUT2D eigenvalue weighted by atomic mass is 10.1. The van der Waals surface area contributed by atoms with Gasteiger partial charge in [-0.25, -0.2) is 8.42 Å². The maximum atomic E-state index is 12.1. The summed E-state index contributed by atoms with van der Waals surface area (Å²) in [6.45, 7) is 5.66. The van der Waals surface area contributed by atoms with E-state index in [1.807, 2.05) is 6.92 Å². The lowest BCUT2D eigenvalue weighted by molar-refractivity contribution is 0.550. The summed E-state index contributed by atoms with van der Waals surface area (Å²) in [6, 6.07) is 5.18. The lowest BCUT2D eigenvalue weighted by Gasteiger charge is -2.13. The lowest BCUT2D eigenvalue weighted by Crippen LogP contribution is -2.29. The van der Waals surface area contributed by atoms with E-state index in [-0.39, 0.29) is 6.54 Å². The normalized spacial score (nSPS) is 17.3. The second-order valence-corrected chi connectivity index (χ2v) is 5.85. The zero-order chi connectivity index (χ0) is 11.9. The van der Waals surface area contributed by atoms with Crippen LogP contribution in [0.15, 0.2) is 35.7 Å². The first-order chi connectivity index (χ1) is 7.48. The van der Waals surface area contributed by atoms with Gasteiger partial charge in [-0.05, 0) is 19.1 Å². The summed E-state index contributed by atoms with van der Waals surface area (Å²) in [5.74, 6) is 0. The minimum atomic E-state index is -3.45. The molecule has 1 heterocycles. The molecule has 1 aliphatic heterocycles. The average molecular weight is 253 g/mol. The predicted molar refractivity (Wildman–Crippen MR) is 67.0 cm³/mol. The Morgan fingerprint density at radius 3 is 2.81 bits per heavy atom. The topological polar surface area (TPSA) is 37.4 Å². The van der Waals surface area contributed by atoms with Crippen molar-refractivity contribution in [1.29, 1.82) is 0 Å². The number of benzene rings is 1. The Kier molecular flexibility index (Phi) is 2.59. The fourth-order valence-corrected chi connectivity index (χ4v) is 3.83. The van der Waals surface area contributed by atoms with E-state index < -0.39 is 10.0 Å². The van der Waals surface area contributed by atoms with Crippen LogP contribution in [0.25, 0.3) is 0 Å². The Morgan fingerprint density at radius 1 is 1.50 bits per heavy atom. The SMILES string of the molecule is C=CCN1C(=S)c2cc(C)ccc2S1(=O)=O. The van der Waals surface area contributed by atoms with E-state index in [9.17, 15) is 8.42 Å². The number of hydrogen-bond acceptors (Lipinski definition) is 3. The molecule has 1 aliphatic rings.